The average molecular weight is 269 g/mol. The molecule has 0 fully saturated rings. The molecular formula is C16H15NO3. The van der Waals surface area contributed by atoms with Crippen molar-refractivity contribution >= 4 is 27.8 Å². The number of hydrogen-bond donors (Lipinski definition) is 1. The Kier molecular flexibility index (Phi) is 3.06. The molecule has 3 rings (SSSR count). The second-order valence-electron chi connectivity index (χ2n) is 4.46. The number of methoxy groups -OCH3 is 1. The zero-order valence-corrected chi connectivity index (χ0v) is 11.4. The smallest absolute Gasteiger partial charge is 0.338 e. The van der Waals surface area contributed by atoms with Gasteiger partial charge in [0, 0.05) is 16.3 Å². The van der Waals surface area contributed by atoms with Gasteiger partial charge >= 0.3 is 5.97 Å². The number of aromatic amines is 1. The fourth-order valence-corrected chi connectivity index (χ4v) is 2.49. The van der Waals surface area contributed by atoms with E-state index in [1.807, 2.05) is 31.2 Å². The molecule has 1 heterocycles. The SMILES string of the molecule is CCOc1ccc(C(=O)OC)c2c1[nH]c1ccccc12. The summed E-state index contributed by atoms with van der Waals surface area (Å²) in [6.45, 7) is 2.50. The Balaban J connectivity index is 2.42. The van der Waals surface area contributed by atoms with Crippen LogP contribution in [0.15, 0.2) is 36.4 Å². The molecule has 0 amide bonds. The molecule has 0 atom stereocenters. The molecule has 4 heteroatoms. The highest BCUT2D eigenvalue weighted by Crippen LogP contribution is 2.34. The molecule has 0 aliphatic carbocycles. The first kappa shape index (κ1) is 12.5. The number of fused-ring (bicyclic) bond motifs is 3. The van der Waals surface area contributed by atoms with Crippen molar-refractivity contribution in [3.8, 4) is 5.75 Å². The zero-order valence-electron chi connectivity index (χ0n) is 11.4. The van der Waals surface area contributed by atoms with Crippen LogP contribution >= 0.6 is 0 Å². The van der Waals surface area contributed by atoms with Crippen LogP contribution in [0.25, 0.3) is 21.8 Å². The lowest BCUT2D eigenvalue weighted by atomic mass is 10.1. The molecule has 102 valence electrons. The van der Waals surface area contributed by atoms with Gasteiger partial charge in [-0.05, 0) is 25.1 Å². The Morgan fingerprint density at radius 1 is 1.20 bits per heavy atom. The molecule has 3 aromatic rings. The van der Waals surface area contributed by atoms with Gasteiger partial charge in [0.15, 0.2) is 0 Å². The molecular weight excluding hydrogens is 254 g/mol. The first-order valence-electron chi connectivity index (χ1n) is 6.50. The molecule has 0 aliphatic heterocycles. The first-order valence-corrected chi connectivity index (χ1v) is 6.50. The Morgan fingerprint density at radius 3 is 2.75 bits per heavy atom. The van der Waals surface area contributed by atoms with Crippen molar-refractivity contribution in [3.05, 3.63) is 42.0 Å². The lowest BCUT2D eigenvalue weighted by Crippen LogP contribution is -2.02. The lowest BCUT2D eigenvalue weighted by Gasteiger charge is -2.07. The van der Waals surface area contributed by atoms with Crippen LogP contribution in [-0.2, 0) is 4.74 Å². The van der Waals surface area contributed by atoms with E-state index in [4.69, 9.17) is 9.47 Å². The van der Waals surface area contributed by atoms with E-state index in [1.165, 1.54) is 7.11 Å². The monoisotopic (exact) mass is 269 g/mol. The molecule has 1 N–H and O–H groups in total. The fraction of sp³-hybridized carbons (Fsp3) is 0.188. The number of carbonyl (C=O) groups excluding carboxylic acids is 1. The quantitative estimate of drug-likeness (QED) is 0.740. The highest BCUT2D eigenvalue weighted by molar-refractivity contribution is 6.17. The van der Waals surface area contributed by atoms with Crippen molar-refractivity contribution in [1.82, 2.24) is 4.98 Å². The van der Waals surface area contributed by atoms with Crippen molar-refractivity contribution in [2.24, 2.45) is 0 Å². The van der Waals surface area contributed by atoms with Crippen molar-refractivity contribution in [2.75, 3.05) is 13.7 Å². The number of hydrogen-bond acceptors (Lipinski definition) is 3. The normalized spacial score (nSPS) is 10.9. The molecule has 1 aromatic heterocycles. The summed E-state index contributed by atoms with van der Waals surface area (Å²) in [7, 11) is 1.39. The van der Waals surface area contributed by atoms with Gasteiger partial charge in [0.2, 0.25) is 0 Å². The largest absolute Gasteiger partial charge is 0.492 e. The van der Waals surface area contributed by atoms with Gasteiger partial charge in [-0.15, -0.1) is 0 Å². The average Bonchev–Trinajstić information content (AvgIpc) is 2.87. The van der Waals surface area contributed by atoms with E-state index in [-0.39, 0.29) is 5.97 Å². The van der Waals surface area contributed by atoms with E-state index in [9.17, 15) is 4.79 Å². The van der Waals surface area contributed by atoms with Crippen LogP contribution in [-0.4, -0.2) is 24.7 Å². The van der Waals surface area contributed by atoms with Crippen molar-refractivity contribution in [1.29, 1.82) is 0 Å². The second-order valence-corrected chi connectivity index (χ2v) is 4.46. The van der Waals surface area contributed by atoms with Crippen LogP contribution in [0.5, 0.6) is 5.75 Å². The third kappa shape index (κ3) is 1.81. The van der Waals surface area contributed by atoms with Gasteiger partial charge < -0.3 is 14.5 Å². The van der Waals surface area contributed by atoms with Gasteiger partial charge in [0.25, 0.3) is 0 Å². The van der Waals surface area contributed by atoms with Crippen LogP contribution < -0.4 is 4.74 Å². The van der Waals surface area contributed by atoms with Gasteiger partial charge in [0.1, 0.15) is 5.75 Å². The van der Waals surface area contributed by atoms with E-state index in [0.717, 1.165) is 27.6 Å². The molecule has 0 aliphatic rings. The standard InChI is InChI=1S/C16H15NO3/c1-3-20-13-9-8-11(16(18)19-2)14-10-6-4-5-7-12(10)17-15(13)14/h4-9,17H,3H2,1-2H3. The van der Waals surface area contributed by atoms with Crippen LogP contribution in [0.3, 0.4) is 0 Å². The number of benzene rings is 2. The molecule has 0 spiro atoms. The number of rotatable bonds is 3. The van der Waals surface area contributed by atoms with Crippen LogP contribution in [0, 0.1) is 0 Å². The third-order valence-electron chi connectivity index (χ3n) is 3.33. The van der Waals surface area contributed by atoms with E-state index < -0.39 is 0 Å². The summed E-state index contributed by atoms with van der Waals surface area (Å²) in [5.41, 5.74) is 2.35. The van der Waals surface area contributed by atoms with Gasteiger partial charge in [-0.2, -0.15) is 0 Å². The van der Waals surface area contributed by atoms with Gasteiger partial charge in [0.05, 0.1) is 24.8 Å². The van der Waals surface area contributed by atoms with Crippen LogP contribution in [0.4, 0.5) is 0 Å². The Morgan fingerprint density at radius 2 is 2.00 bits per heavy atom. The summed E-state index contributed by atoms with van der Waals surface area (Å²) in [5, 5.41) is 1.84. The Bertz CT molecular complexity index is 789. The Labute approximate surface area is 116 Å². The maximum atomic E-state index is 12.0. The highest BCUT2D eigenvalue weighted by Gasteiger charge is 2.17. The van der Waals surface area contributed by atoms with Gasteiger partial charge in [-0.25, -0.2) is 4.79 Å². The van der Waals surface area contributed by atoms with Gasteiger partial charge in [-0.3, -0.25) is 0 Å². The van der Waals surface area contributed by atoms with E-state index in [1.54, 1.807) is 12.1 Å². The number of carbonyl (C=O) groups is 1. The Hall–Kier alpha value is -2.49. The summed E-state index contributed by atoms with van der Waals surface area (Å²) in [6.07, 6.45) is 0. The number of aromatic nitrogens is 1. The number of ether oxygens (including phenoxy) is 2. The number of H-pyrrole nitrogens is 1. The van der Waals surface area contributed by atoms with Crippen molar-refractivity contribution in [3.63, 3.8) is 0 Å². The van der Waals surface area contributed by atoms with E-state index >= 15 is 0 Å². The predicted molar refractivity (Wildman–Crippen MR) is 78.3 cm³/mol. The number of para-hydroxylation sites is 1. The van der Waals surface area contributed by atoms with Gasteiger partial charge in [-0.1, -0.05) is 18.2 Å². The molecule has 4 nitrogen and oxygen atoms in total. The summed E-state index contributed by atoms with van der Waals surface area (Å²) in [5.74, 6) is 0.397. The highest BCUT2D eigenvalue weighted by atomic mass is 16.5. The number of nitrogens with one attached hydrogen (secondary N) is 1. The summed E-state index contributed by atoms with van der Waals surface area (Å²) in [6, 6.07) is 11.4. The predicted octanol–water partition coefficient (Wildman–Crippen LogP) is 3.51. The van der Waals surface area contributed by atoms with Crippen molar-refractivity contribution in [2.45, 2.75) is 6.92 Å². The van der Waals surface area contributed by atoms with Crippen LogP contribution in [0.2, 0.25) is 0 Å². The fourth-order valence-electron chi connectivity index (χ4n) is 2.49. The molecule has 0 saturated heterocycles. The maximum absolute atomic E-state index is 12.0. The van der Waals surface area contributed by atoms with E-state index in [2.05, 4.69) is 4.98 Å². The minimum absolute atomic E-state index is 0.345. The first-order chi connectivity index (χ1) is 9.76. The minimum Gasteiger partial charge on any atom is -0.492 e. The maximum Gasteiger partial charge on any atom is 0.338 e. The second kappa shape index (κ2) is 4.89. The van der Waals surface area contributed by atoms with Crippen molar-refractivity contribution < 1.29 is 14.3 Å². The summed E-state index contributed by atoms with van der Waals surface area (Å²) >= 11 is 0. The molecule has 0 radical (unpaired) electrons. The van der Waals surface area contributed by atoms with E-state index in [0.29, 0.717) is 12.2 Å². The van der Waals surface area contributed by atoms with Crippen LogP contribution in [0.1, 0.15) is 17.3 Å². The summed E-state index contributed by atoms with van der Waals surface area (Å²) < 4.78 is 10.5. The summed E-state index contributed by atoms with van der Waals surface area (Å²) in [4.78, 5) is 15.3. The zero-order chi connectivity index (χ0) is 14.1. The molecule has 0 unspecified atom stereocenters. The molecule has 20 heavy (non-hydrogen) atoms. The minimum atomic E-state index is -0.345. The lowest BCUT2D eigenvalue weighted by molar-refractivity contribution is 0.0603. The number of esters is 1. The molecule has 0 saturated carbocycles. The molecule has 0 bridgehead atoms. The molecule has 2 aromatic carbocycles. The topological polar surface area (TPSA) is 51.3 Å². The third-order valence-corrected chi connectivity index (χ3v) is 3.33.